The number of rotatable bonds is 6. The van der Waals surface area contributed by atoms with Crippen molar-refractivity contribution in [3.63, 3.8) is 0 Å². The van der Waals surface area contributed by atoms with Gasteiger partial charge in [0, 0.05) is 11.3 Å². The quantitative estimate of drug-likeness (QED) is 0.805. The van der Waals surface area contributed by atoms with Crippen molar-refractivity contribution in [2.75, 3.05) is 10.7 Å². The number of amides is 1. The highest BCUT2D eigenvalue weighted by molar-refractivity contribution is 7.80. The molecule has 0 radical (unpaired) electrons. The van der Waals surface area contributed by atoms with Gasteiger partial charge in [-0.05, 0) is 36.4 Å². The molecule has 1 amide bonds. The summed E-state index contributed by atoms with van der Waals surface area (Å²) in [4.78, 5) is 25.7. The van der Waals surface area contributed by atoms with Crippen LogP contribution in [0.4, 0.5) is 5.69 Å². The molecule has 0 heterocycles. The van der Waals surface area contributed by atoms with E-state index < -0.39 is 12.0 Å². The molecule has 1 atom stereocenters. The molecule has 4 nitrogen and oxygen atoms in total. The summed E-state index contributed by atoms with van der Waals surface area (Å²) in [6.45, 7) is 0. The number of carboxylic acids is 1. The number of carboxylic acid groups (broad SMARTS) is 1. The van der Waals surface area contributed by atoms with Crippen molar-refractivity contribution in [1.82, 2.24) is 0 Å². The Morgan fingerprint density at radius 2 is 1.55 bits per heavy atom. The van der Waals surface area contributed by atoms with Crippen molar-refractivity contribution in [3.8, 4) is 0 Å². The number of nitrogens with zero attached hydrogens (tertiary/aromatic N) is 1. The Morgan fingerprint density at radius 3 is 2.05 bits per heavy atom. The number of anilines is 1. The second-order valence-corrected chi connectivity index (χ2v) is 5.19. The molecule has 0 saturated carbocycles. The highest BCUT2D eigenvalue weighted by atomic mass is 32.1. The van der Waals surface area contributed by atoms with Crippen LogP contribution in [-0.4, -0.2) is 28.8 Å². The van der Waals surface area contributed by atoms with Crippen LogP contribution in [0.3, 0.4) is 0 Å². The third-order valence-corrected chi connectivity index (χ3v) is 3.53. The van der Waals surface area contributed by atoms with Gasteiger partial charge in [0.15, 0.2) is 0 Å². The highest BCUT2D eigenvalue weighted by Gasteiger charge is 2.30. The first-order valence-electron chi connectivity index (χ1n) is 6.92. The standard InChI is InChI=1S/C17H17NO3S/c19-16(13-7-3-1-4-8-13)18(14-9-5-2-6-10-14)15(11-12-22)17(20)21/h1-10,15,22H,11-12H2,(H,20,21)/t15-/m0/s1. The Bertz CT molecular complexity index is 631. The Hall–Kier alpha value is -2.27. The molecule has 2 aromatic rings. The summed E-state index contributed by atoms with van der Waals surface area (Å²) in [6.07, 6.45) is 0.270. The van der Waals surface area contributed by atoms with Crippen molar-refractivity contribution in [3.05, 3.63) is 66.2 Å². The molecule has 5 heteroatoms. The fraction of sp³-hybridized carbons (Fsp3) is 0.176. The maximum absolute atomic E-state index is 12.8. The minimum Gasteiger partial charge on any atom is -0.480 e. The largest absolute Gasteiger partial charge is 0.480 e. The molecule has 0 aliphatic carbocycles. The van der Waals surface area contributed by atoms with Gasteiger partial charge in [0.1, 0.15) is 6.04 Å². The number of para-hydroxylation sites is 1. The fourth-order valence-electron chi connectivity index (χ4n) is 2.23. The zero-order valence-corrected chi connectivity index (χ0v) is 12.8. The van der Waals surface area contributed by atoms with Gasteiger partial charge in [-0.1, -0.05) is 36.4 Å². The van der Waals surface area contributed by atoms with E-state index in [1.807, 2.05) is 12.1 Å². The third-order valence-electron chi connectivity index (χ3n) is 3.27. The summed E-state index contributed by atoms with van der Waals surface area (Å²) in [6, 6.07) is 16.6. The fourth-order valence-corrected chi connectivity index (χ4v) is 2.48. The molecule has 114 valence electrons. The van der Waals surface area contributed by atoms with Crippen LogP contribution < -0.4 is 4.90 Å². The monoisotopic (exact) mass is 315 g/mol. The minimum atomic E-state index is -1.04. The van der Waals surface area contributed by atoms with Gasteiger partial charge in [0.05, 0.1) is 0 Å². The van der Waals surface area contributed by atoms with Gasteiger partial charge < -0.3 is 5.11 Å². The summed E-state index contributed by atoms with van der Waals surface area (Å²) in [5, 5.41) is 9.50. The first kappa shape index (κ1) is 16.1. The van der Waals surface area contributed by atoms with Crippen LogP contribution in [0.5, 0.6) is 0 Å². The van der Waals surface area contributed by atoms with Gasteiger partial charge in [-0.25, -0.2) is 4.79 Å². The predicted octanol–water partition coefficient (Wildman–Crippen LogP) is 3.11. The van der Waals surface area contributed by atoms with Crippen LogP contribution in [0.25, 0.3) is 0 Å². The second kappa shape index (κ2) is 7.66. The van der Waals surface area contributed by atoms with Gasteiger partial charge in [-0.2, -0.15) is 12.6 Å². The number of thiol groups is 1. The van der Waals surface area contributed by atoms with E-state index in [2.05, 4.69) is 12.6 Å². The highest BCUT2D eigenvalue weighted by Crippen LogP contribution is 2.22. The number of hydrogen-bond acceptors (Lipinski definition) is 3. The van der Waals surface area contributed by atoms with Crippen molar-refractivity contribution < 1.29 is 14.7 Å². The summed E-state index contributed by atoms with van der Waals surface area (Å²) in [5.74, 6) is -0.995. The molecule has 0 unspecified atom stereocenters. The molecular weight excluding hydrogens is 298 g/mol. The number of hydrogen-bond donors (Lipinski definition) is 2. The van der Waals surface area contributed by atoms with E-state index >= 15 is 0 Å². The van der Waals surface area contributed by atoms with Gasteiger partial charge >= 0.3 is 5.97 Å². The van der Waals surface area contributed by atoms with E-state index in [0.717, 1.165) is 0 Å². The van der Waals surface area contributed by atoms with E-state index in [1.54, 1.807) is 48.5 Å². The van der Waals surface area contributed by atoms with Crippen LogP contribution in [-0.2, 0) is 4.79 Å². The average Bonchev–Trinajstić information content (AvgIpc) is 2.56. The van der Waals surface area contributed by atoms with Crippen LogP contribution in [0.15, 0.2) is 60.7 Å². The molecule has 0 spiro atoms. The predicted molar refractivity (Wildman–Crippen MR) is 89.6 cm³/mol. The SMILES string of the molecule is O=C(O)[C@H](CCS)N(C(=O)c1ccccc1)c1ccccc1. The van der Waals surface area contributed by atoms with E-state index in [-0.39, 0.29) is 12.3 Å². The van der Waals surface area contributed by atoms with Crippen LogP contribution >= 0.6 is 12.6 Å². The topological polar surface area (TPSA) is 57.6 Å². The summed E-state index contributed by atoms with van der Waals surface area (Å²) < 4.78 is 0. The Morgan fingerprint density at radius 1 is 1.00 bits per heavy atom. The molecule has 2 rings (SSSR count). The van der Waals surface area contributed by atoms with E-state index in [9.17, 15) is 14.7 Å². The van der Waals surface area contributed by atoms with Crippen molar-refractivity contribution in [2.45, 2.75) is 12.5 Å². The Kier molecular flexibility index (Phi) is 5.61. The summed E-state index contributed by atoms with van der Waals surface area (Å²) in [5.41, 5.74) is 1.02. The zero-order valence-electron chi connectivity index (χ0n) is 11.9. The lowest BCUT2D eigenvalue weighted by atomic mass is 10.1. The zero-order chi connectivity index (χ0) is 15.9. The number of benzene rings is 2. The van der Waals surface area contributed by atoms with E-state index in [0.29, 0.717) is 17.0 Å². The first-order valence-corrected chi connectivity index (χ1v) is 7.55. The van der Waals surface area contributed by atoms with Gasteiger partial charge in [-0.15, -0.1) is 0 Å². The van der Waals surface area contributed by atoms with Gasteiger partial charge in [0.25, 0.3) is 5.91 Å². The lowest BCUT2D eigenvalue weighted by Crippen LogP contribution is -2.45. The molecule has 1 N–H and O–H groups in total. The van der Waals surface area contributed by atoms with E-state index in [4.69, 9.17) is 0 Å². The third kappa shape index (κ3) is 3.68. The molecule has 0 aliphatic rings. The molecule has 0 saturated heterocycles. The van der Waals surface area contributed by atoms with Crippen molar-refractivity contribution >= 4 is 30.2 Å². The summed E-state index contributed by atoms with van der Waals surface area (Å²) >= 11 is 4.12. The Labute approximate surface area is 134 Å². The van der Waals surface area contributed by atoms with Crippen LogP contribution in [0.2, 0.25) is 0 Å². The second-order valence-electron chi connectivity index (χ2n) is 4.74. The molecule has 2 aromatic carbocycles. The maximum atomic E-state index is 12.8. The Balaban J connectivity index is 2.45. The smallest absolute Gasteiger partial charge is 0.326 e. The normalized spacial score (nSPS) is 11.7. The number of aliphatic carboxylic acids is 1. The molecular formula is C17H17NO3S. The lowest BCUT2D eigenvalue weighted by Gasteiger charge is -2.29. The molecule has 0 fully saturated rings. The molecule has 22 heavy (non-hydrogen) atoms. The molecule has 0 aliphatic heterocycles. The van der Waals surface area contributed by atoms with Crippen LogP contribution in [0.1, 0.15) is 16.8 Å². The molecule has 0 aromatic heterocycles. The van der Waals surface area contributed by atoms with Gasteiger partial charge in [-0.3, -0.25) is 9.69 Å². The van der Waals surface area contributed by atoms with Crippen molar-refractivity contribution in [1.29, 1.82) is 0 Å². The van der Waals surface area contributed by atoms with Crippen LogP contribution in [0, 0.1) is 0 Å². The number of carbonyl (C=O) groups excluding carboxylic acids is 1. The summed E-state index contributed by atoms with van der Waals surface area (Å²) in [7, 11) is 0. The average molecular weight is 315 g/mol. The van der Waals surface area contributed by atoms with E-state index in [1.165, 1.54) is 4.90 Å². The van der Waals surface area contributed by atoms with Crippen molar-refractivity contribution in [2.24, 2.45) is 0 Å². The van der Waals surface area contributed by atoms with Gasteiger partial charge in [0.2, 0.25) is 0 Å². The molecule has 0 bridgehead atoms. The maximum Gasteiger partial charge on any atom is 0.326 e. The lowest BCUT2D eigenvalue weighted by molar-refractivity contribution is -0.138. The minimum absolute atomic E-state index is 0.270. The number of carbonyl (C=O) groups is 2. The first-order chi connectivity index (χ1) is 10.6.